The predicted molar refractivity (Wildman–Crippen MR) is 153 cm³/mol. The van der Waals surface area contributed by atoms with Crippen LogP contribution in [-0.2, 0) is 23.3 Å². The Morgan fingerprint density at radius 3 is 2.59 bits per heavy atom. The van der Waals surface area contributed by atoms with Gasteiger partial charge in [-0.15, -0.1) is 0 Å². The first-order valence-corrected chi connectivity index (χ1v) is 16.5. The molecule has 0 aromatic carbocycles. The quantitative estimate of drug-likeness (QED) is 0.258. The molecule has 6 heteroatoms. The molecule has 1 aromatic heterocycles. The third-order valence-corrected chi connectivity index (χ3v) is 11.6. The molecule has 0 fully saturated rings. The van der Waals surface area contributed by atoms with Crippen LogP contribution < -0.4 is 21.2 Å². The van der Waals surface area contributed by atoms with E-state index in [4.69, 9.17) is 4.74 Å². The van der Waals surface area contributed by atoms with Gasteiger partial charge in [0, 0.05) is 0 Å². The molecule has 0 saturated carbocycles. The van der Waals surface area contributed by atoms with Gasteiger partial charge in [0.1, 0.15) is 0 Å². The summed E-state index contributed by atoms with van der Waals surface area (Å²) < 4.78 is 12.5. The van der Waals surface area contributed by atoms with Crippen LogP contribution in [0.15, 0.2) is 41.5 Å². The zero-order valence-corrected chi connectivity index (χ0v) is 28.0. The minimum Gasteiger partial charge on any atom is -0.346 e. The maximum absolute atomic E-state index is 6.73. The number of rotatable bonds is 2. The van der Waals surface area contributed by atoms with Gasteiger partial charge >= 0.3 is 212 Å². The van der Waals surface area contributed by atoms with Crippen molar-refractivity contribution in [1.82, 2.24) is 4.90 Å². The second-order valence-corrected chi connectivity index (χ2v) is 12.3. The van der Waals surface area contributed by atoms with Crippen molar-refractivity contribution in [3.63, 3.8) is 0 Å². The molecule has 0 bridgehead atoms. The number of halogens is 1. The number of ether oxygens (including phenoxy) is 1. The fourth-order valence-electron chi connectivity index (χ4n) is 5.22. The Morgan fingerprint density at radius 1 is 1.19 bits per heavy atom. The second kappa shape index (κ2) is 15.1. The van der Waals surface area contributed by atoms with Gasteiger partial charge in [0.05, 0.1) is 0 Å². The summed E-state index contributed by atoms with van der Waals surface area (Å²) in [4.78, 5) is 3.53. The molecule has 0 spiro atoms. The van der Waals surface area contributed by atoms with E-state index in [1.165, 1.54) is 38.6 Å². The third kappa shape index (κ3) is 6.32. The van der Waals surface area contributed by atoms with Gasteiger partial charge in [-0.3, -0.25) is 0 Å². The molecule has 1 aliphatic carbocycles. The fraction of sp³-hybridized carbons (Fsp3) is 0.484. The number of allylic oxidation sites excluding steroid dienone is 3. The van der Waals surface area contributed by atoms with Crippen molar-refractivity contribution >= 4 is 32.2 Å². The zero-order chi connectivity index (χ0) is 26.4. The minimum absolute atomic E-state index is 0. The molecule has 3 nitrogen and oxygen atoms in total. The molecule has 201 valence electrons. The molecular weight excluding hydrogens is 626 g/mol. The van der Waals surface area contributed by atoms with Crippen molar-refractivity contribution in [3.8, 4) is 0 Å². The van der Waals surface area contributed by atoms with Crippen molar-refractivity contribution in [2.75, 3.05) is 20.1 Å². The molecule has 4 aliphatic heterocycles. The van der Waals surface area contributed by atoms with Gasteiger partial charge in [-0.25, -0.2) is 0 Å². The van der Waals surface area contributed by atoms with Gasteiger partial charge in [-0.2, -0.15) is 6.92 Å². The van der Waals surface area contributed by atoms with Crippen LogP contribution >= 0.6 is 11.3 Å². The molecule has 0 N–H and O–H groups in total. The molecule has 0 amide bonds. The van der Waals surface area contributed by atoms with E-state index in [0.29, 0.717) is 5.92 Å². The van der Waals surface area contributed by atoms with Crippen molar-refractivity contribution in [2.45, 2.75) is 73.0 Å². The van der Waals surface area contributed by atoms with Crippen LogP contribution in [0.3, 0.4) is 0 Å². The minimum atomic E-state index is -0.206. The first-order chi connectivity index (χ1) is 17.7. The number of thiophene rings is 1. The summed E-state index contributed by atoms with van der Waals surface area (Å²) in [7, 11) is 2.13. The maximum Gasteiger partial charge on any atom is 2.00 e. The smallest absolute Gasteiger partial charge is 0.346 e. The second-order valence-electron chi connectivity index (χ2n) is 8.60. The van der Waals surface area contributed by atoms with Crippen molar-refractivity contribution in [3.05, 3.63) is 68.7 Å². The molecule has 3 atom stereocenters. The molecule has 1 radical (unpaired) electrons. The Bertz CT molecular complexity index is 1110. The number of hydrogen-bond acceptors (Lipinski definition) is 3. The van der Waals surface area contributed by atoms with Crippen molar-refractivity contribution in [2.24, 2.45) is 5.92 Å². The Labute approximate surface area is 252 Å². The summed E-state index contributed by atoms with van der Waals surface area (Å²) in [6.45, 7) is 21.3. The SMILES string of the molecule is C=Cc1sc2c(c1/C=C\C)[I-]C1=[N+]2CCC2OC3CC4CCN(C)[C-]=C4C=C3C=C12.CC.CC.[CH2-]C.[V+2]. The van der Waals surface area contributed by atoms with Crippen LogP contribution in [-0.4, -0.2) is 45.5 Å². The monoisotopic (exact) mass is 669 g/mol. The average Bonchev–Trinajstić information content (AvgIpc) is 3.46. The van der Waals surface area contributed by atoms with Gasteiger partial charge in [0.25, 0.3) is 0 Å². The summed E-state index contributed by atoms with van der Waals surface area (Å²) in [5, 5.41) is 1.46. The van der Waals surface area contributed by atoms with E-state index in [1.807, 2.05) is 45.1 Å². The molecule has 5 aliphatic rings. The Balaban J connectivity index is 0.000000644. The molecule has 3 unspecified atom stereocenters. The van der Waals surface area contributed by atoms with E-state index in [2.05, 4.69) is 67.5 Å². The van der Waals surface area contributed by atoms with Crippen LogP contribution in [0.5, 0.6) is 0 Å². The normalized spacial score (nSPS) is 24.6. The van der Waals surface area contributed by atoms with E-state index < -0.39 is 0 Å². The summed E-state index contributed by atoms with van der Waals surface area (Å²) in [6.07, 6.45) is 18.9. The maximum atomic E-state index is 6.73. The third-order valence-electron chi connectivity index (χ3n) is 6.70. The van der Waals surface area contributed by atoms with Crippen LogP contribution in [0, 0.1) is 22.6 Å². The van der Waals surface area contributed by atoms with E-state index in [0.717, 1.165) is 25.9 Å². The Morgan fingerprint density at radius 2 is 1.92 bits per heavy atom. The number of hydrogen-bond donors (Lipinski definition) is 0. The molecule has 6 rings (SSSR count). The van der Waals surface area contributed by atoms with Crippen LogP contribution in [0.4, 0.5) is 5.00 Å². The number of nitrogens with zero attached hydrogens (tertiary/aromatic N) is 2. The largest absolute Gasteiger partial charge is 2.00 e. The van der Waals surface area contributed by atoms with Gasteiger partial charge in [0.15, 0.2) is 0 Å². The summed E-state index contributed by atoms with van der Waals surface area (Å²) in [5.74, 6) is 0.615. The van der Waals surface area contributed by atoms with E-state index in [9.17, 15) is 0 Å². The van der Waals surface area contributed by atoms with Gasteiger partial charge in [-0.1, -0.05) is 27.7 Å². The average molecular weight is 670 g/mol. The Hall–Kier alpha value is -0.856. The van der Waals surface area contributed by atoms with Crippen molar-refractivity contribution < 1.29 is 49.1 Å². The Kier molecular flexibility index (Phi) is 13.2. The van der Waals surface area contributed by atoms with Gasteiger partial charge < -0.3 is 6.92 Å². The van der Waals surface area contributed by atoms with Crippen LogP contribution in [0.25, 0.3) is 12.2 Å². The first-order valence-electron chi connectivity index (χ1n) is 13.5. The van der Waals surface area contributed by atoms with Gasteiger partial charge in [0.2, 0.25) is 0 Å². The van der Waals surface area contributed by atoms with E-state index >= 15 is 0 Å². The fourth-order valence-corrected chi connectivity index (χ4v) is 10.6. The van der Waals surface area contributed by atoms with Gasteiger partial charge in [-0.05, 0) is 0 Å². The summed E-state index contributed by atoms with van der Waals surface area (Å²) >= 11 is 1.71. The predicted octanol–water partition coefficient (Wildman–Crippen LogP) is 4.70. The molecule has 1 aromatic rings. The molecule has 5 heterocycles. The zero-order valence-electron chi connectivity index (χ0n) is 23.6. The topological polar surface area (TPSA) is 15.5 Å². The van der Waals surface area contributed by atoms with Crippen LogP contribution in [0.2, 0.25) is 0 Å². The molecule has 37 heavy (non-hydrogen) atoms. The standard InChI is InChI=1S/C25H26IN2OS.2C2H6.C2H5.V/c1-4-6-18-22(5-2)30-25-23(18)26-24-19-12-16-11-17-14-27(3)9-7-15(17)13-21(16)29-20(19)8-10-28(24)25;3*1-2;/h4-6,11-12,15,20-21H,2,7-10,13H2,1,3H3;2*1-2H3;1H2,2H3;/q-1;;;-1;+2/b6-4-;;;;. The van der Waals surface area contributed by atoms with E-state index in [1.54, 1.807) is 14.2 Å². The molecular formula is C31H43IN2OSV. The molecule has 0 saturated heterocycles. The van der Waals surface area contributed by atoms with Crippen LogP contribution in [0.1, 0.15) is 71.2 Å². The van der Waals surface area contributed by atoms with Crippen molar-refractivity contribution in [1.29, 1.82) is 0 Å². The number of fused-ring (bicyclic) bond motifs is 6. The first kappa shape index (κ1) is 32.4. The summed E-state index contributed by atoms with van der Waals surface area (Å²) in [5.41, 5.74) is 5.59. The van der Waals surface area contributed by atoms with E-state index in [-0.39, 0.29) is 52.0 Å². The summed E-state index contributed by atoms with van der Waals surface area (Å²) in [6, 6.07) is 0.